The summed E-state index contributed by atoms with van der Waals surface area (Å²) in [4.78, 5) is 4.20. The molecule has 0 aliphatic rings. The van der Waals surface area contributed by atoms with Gasteiger partial charge >= 0.3 is 6.18 Å². The van der Waals surface area contributed by atoms with Crippen molar-refractivity contribution in [3.05, 3.63) is 28.8 Å². The van der Waals surface area contributed by atoms with E-state index in [1.165, 1.54) is 17.4 Å². The van der Waals surface area contributed by atoms with Crippen molar-refractivity contribution in [1.82, 2.24) is 10.3 Å². The molecule has 1 N–H and O–H groups in total. The Morgan fingerprint density at radius 1 is 1.35 bits per heavy atom. The second-order valence-corrected chi connectivity index (χ2v) is 4.76. The van der Waals surface area contributed by atoms with Gasteiger partial charge in [-0.2, -0.15) is 13.2 Å². The highest BCUT2D eigenvalue weighted by Gasteiger charge is 2.30. The van der Waals surface area contributed by atoms with Crippen molar-refractivity contribution in [2.75, 3.05) is 13.6 Å². The zero-order chi connectivity index (χ0) is 12.5. The number of alkyl halides is 3. The summed E-state index contributed by atoms with van der Waals surface area (Å²) in [7, 11) is 1.83. The van der Waals surface area contributed by atoms with Gasteiger partial charge in [-0.05, 0) is 25.2 Å². The van der Waals surface area contributed by atoms with Gasteiger partial charge in [0.05, 0.1) is 20.8 Å². The van der Waals surface area contributed by atoms with Crippen LogP contribution in [0, 0.1) is 0 Å². The SMILES string of the molecule is CNCCc1nc2cc(C(F)(F)F)ccc2s1. The Bertz CT molecular complexity index is 519. The topological polar surface area (TPSA) is 24.9 Å². The molecule has 2 rings (SSSR count). The molecule has 1 aromatic carbocycles. The Morgan fingerprint density at radius 3 is 2.76 bits per heavy atom. The van der Waals surface area contributed by atoms with Gasteiger partial charge in [-0.3, -0.25) is 0 Å². The minimum atomic E-state index is -4.30. The first-order chi connectivity index (χ1) is 8.00. The van der Waals surface area contributed by atoms with Crippen molar-refractivity contribution in [3.8, 4) is 0 Å². The fourth-order valence-corrected chi connectivity index (χ4v) is 2.44. The van der Waals surface area contributed by atoms with E-state index < -0.39 is 11.7 Å². The summed E-state index contributed by atoms with van der Waals surface area (Å²) < 4.78 is 38.3. The van der Waals surface area contributed by atoms with Crippen LogP contribution in [0.1, 0.15) is 10.6 Å². The number of halogens is 3. The number of thiazole rings is 1. The molecule has 0 amide bonds. The first-order valence-corrected chi connectivity index (χ1v) is 5.93. The molecule has 0 unspecified atom stereocenters. The summed E-state index contributed by atoms with van der Waals surface area (Å²) in [5.74, 6) is 0. The normalized spacial score (nSPS) is 12.2. The fourth-order valence-electron chi connectivity index (χ4n) is 1.49. The minimum absolute atomic E-state index is 0.427. The average molecular weight is 260 g/mol. The van der Waals surface area contributed by atoms with Crippen LogP contribution in [0.25, 0.3) is 10.2 Å². The van der Waals surface area contributed by atoms with Gasteiger partial charge in [-0.15, -0.1) is 11.3 Å². The van der Waals surface area contributed by atoms with E-state index in [0.29, 0.717) is 5.52 Å². The predicted octanol–water partition coefficient (Wildman–Crippen LogP) is 3.08. The van der Waals surface area contributed by atoms with Gasteiger partial charge in [0.1, 0.15) is 0 Å². The monoisotopic (exact) mass is 260 g/mol. The lowest BCUT2D eigenvalue weighted by Gasteiger charge is -2.04. The molecule has 2 nitrogen and oxygen atoms in total. The van der Waals surface area contributed by atoms with Gasteiger partial charge in [-0.25, -0.2) is 4.98 Å². The summed E-state index contributed by atoms with van der Waals surface area (Å²) in [6, 6.07) is 3.69. The van der Waals surface area contributed by atoms with E-state index in [-0.39, 0.29) is 0 Å². The Labute approximate surface area is 100 Å². The van der Waals surface area contributed by atoms with Crippen molar-refractivity contribution < 1.29 is 13.2 Å². The summed E-state index contributed by atoms with van der Waals surface area (Å²) in [6.07, 6.45) is -3.57. The van der Waals surface area contributed by atoms with Crippen molar-refractivity contribution in [3.63, 3.8) is 0 Å². The Kier molecular flexibility index (Phi) is 3.35. The van der Waals surface area contributed by atoms with Gasteiger partial charge < -0.3 is 5.32 Å². The van der Waals surface area contributed by atoms with E-state index in [4.69, 9.17) is 0 Å². The molecule has 0 atom stereocenters. The molecule has 0 fully saturated rings. The molecule has 0 saturated carbocycles. The minimum Gasteiger partial charge on any atom is -0.319 e. The highest BCUT2D eigenvalue weighted by molar-refractivity contribution is 7.18. The molecule has 92 valence electrons. The second-order valence-electron chi connectivity index (χ2n) is 3.64. The number of fused-ring (bicyclic) bond motifs is 1. The molecule has 17 heavy (non-hydrogen) atoms. The summed E-state index contributed by atoms with van der Waals surface area (Å²) >= 11 is 1.44. The number of hydrogen-bond acceptors (Lipinski definition) is 3. The third-order valence-electron chi connectivity index (χ3n) is 2.35. The Morgan fingerprint density at radius 2 is 2.12 bits per heavy atom. The molecule has 1 heterocycles. The number of likely N-dealkylation sites (N-methyl/N-ethyl adjacent to an activating group) is 1. The van der Waals surface area contributed by atoms with Crippen LogP contribution in [0.4, 0.5) is 13.2 Å². The van der Waals surface area contributed by atoms with E-state index in [0.717, 1.165) is 34.8 Å². The van der Waals surface area contributed by atoms with Gasteiger partial charge in [0.2, 0.25) is 0 Å². The number of hydrogen-bond donors (Lipinski definition) is 1. The lowest BCUT2D eigenvalue weighted by molar-refractivity contribution is -0.137. The van der Waals surface area contributed by atoms with Crippen LogP contribution in [0.5, 0.6) is 0 Å². The molecule has 6 heteroatoms. The number of rotatable bonds is 3. The summed E-state index contributed by atoms with van der Waals surface area (Å²) in [6.45, 7) is 0.770. The van der Waals surface area contributed by atoms with E-state index in [1.807, 2.05) is 7.05 Å². The lowest BCUT2D eigenvalue weighted by Crippen LogP contribution is -2.09. The van der Waals surface area contributed by atoms with Crippen LogP contribution in [0.2, 0.25) is 0 Å². The summed E-state index contributed by atoms with van der Waals surface area (Å²) in [5, 5.41) is 3.84. The first kappa shape index (κ1) is 12.3. The number of nitrogens with zero attached hydrogens (tertiary/aromatic N) is 1. The molecular weight excluding hydrogens is 249 g/mol. The van der Waals surface area contributed by atoms with Crippen LogP contribution < -0.4 is 5.32 Å². The van der Waals surface area contributed by atoms with E-state index in [2.05, 4.69) is 10.3 Å². The third kappa shape index (κ3) is 2.76. The number of aromatic nitrogens is 1. The summed E-state index contributed by atoms with van der Waals surface area (Å²) in [5.41, 5.74) is -0.216. The number of nitrogens with one attached hydrogen (secondary N) is 1. The van der Waals surface area contributed by atoms with E-state index in [9.17, 15) is 13.2 Å². The van der Waals surface area contributed by atoms with E-state index in [1.54, 1.807) is 0 Å². The largest absolute Gasteiger partial charge is 0.416 e. The maximum atomic E-state index is 12.5. The lowest BCUT2D eigenvalue weighted by atomic mass is 10.2. The zero-order valence-corrected chi connectivity index (χ0v) is 9.95. The first-order valence-electron chi connectivity index (χ1n) is 5.12. The molecule has 0 aliphatic carbocycles. The standard InChI is InChI=1S/C11H11F3N2S/c1-15-5-4-10-16-8-6-7(11(12,13)14)2-3-9(8)17-10/h2-3,6,15H,4-5H2,1H3. The Balaban J connectivity index is 2.34. The second kappa shape index (κ2) is 4.62. The molecular formula is C11H11F3N2S. The average Bonchev–Trinajstić information content (AvgIpc) is 2.66. The predicted molar refractivity (Wildman–Crippen MR) is 62.3 cm³/mol. The highest BCUT2D eigenvalue weighted by Crippen LogP contribution is 2.32. The van der Waals surface area contributed by atoms with Gasteiger partial charge in [-0.1, -0.05) is 0 Å². The molecule has 0 spiro atoms. The van der Waals surface area contributed by atoms with Crippen LogP contribution in [0.15, 0.2) is 18.2 Å². The van der Waals surface area contributed by atoms with E-state index >= 15 is 0 Å². The zero-order valence-electron chi connectivity index (χ0n) is 9.14. The molecule has 1 aromatic heterocycles. The molecule has 2 aromatic rings. The molecule has 0 bridgehead atoms. The quantitative estimate of drug-likeness (QED) is 0.917. The van der Waals surface area contributed by atoms with Gasteiger partial charge in [0.15, 0.2) is 0 Å². The van der Waals surface area contributed by atoms with Crippen LogP contribution in [0.3, 0.4) is 0 Å². The molecule has 0 radical (unpaired) electrons. The van der Waals surface area contributed by atoms with Crippen molar-refractivity contribution >= 4 is 21.6 Å². The van der Waals surface area contributed by atoms with Crippen molar-refractivity contribution in [2.45, 2.75) is 12.6 Å². The van der Waals surface area contributed by atoms with Gasteiger partial charge in [0, 0.05) is 13.0 Å². The Hall–Kier alpha value is -1.14. The molecule has 0 saturated heterocycles. The van der Waals surface area contributed by atoms with Crippen LogP contribution >= 0.6 is 11.3 Å². The van der Waals surface area contributed by atoms with Crippen molar-refractivity contribution in [1.29, 1.82) is 0 Å². The van der Waals surface area contributed by atoms with Gasteiger partial charge in [0.25, 0.3) is 0 Å². The fraction of sp³-hybridized carbons (Fsp3) is 0.364. The maximum absolute atomic E-state index is 12.5. The number of benzene rings is 1. The smallest absolute Gasteiger partial charge is 0.319 e. The van der Waals surface area contributed by atoms with Crippen molar-refractivity contribution in [2.24, 2.45) is 0 Å². The highest BCUT2D eigenvalue weighted by atomic mass is 32.1. The molecule has 0 aliphatic heterocycles. The van der Waals surface area contributed by atoms with Crippen LogP contribution in [-0.4, -0.2) is 18.6 Å². The third-order valence-corrected chi connectivity index (χ3v) is 3.44. The van der Waals surface area contributed by atoms with Crippen LogP contribution in [-0.2, 0) is 12.6 Å². The maximum Gasteiger partial charge on any atom is 0.416 e.